The second kappa shape index (κ2) is 8.25. The molecule has 4 heteroatoms. The van der Waals surface area contributed by atoms with E-state index in [1.54, 1.807) is 7.11 Å². The third kappa shape index (κ3) is 4.78. The first-order valence-corrected chi connectivity index (χ1v) is 7.23. The fourth-order valence-corrected chi connectivity index (χ4v) is 2.39. The molecule has 2 N–H and O–H groups in total. The van der Waals surface area contributed by atoms with Crippen LogP contribution in [0.2, 0.25) is 0 Å². The van der Waals surface area contributed by atoms with Gasteiger partial charge in [0.25, 0.3) is 0 Å². The van der Waals surface area contributed by atoms with Crippen molar-refractivity contribution in [2.45, 2.75) is 46.0 Å². The van der Waals surface area contributed by atoms with Crippen LogP contribution in [0.3, 0.4) is 0 Å². The highest BCUT2D eigenvalue weighted by Crippen LogP contribution is 2.23. The van der Waals surface area contributed by atoms with E-state index >= 15 is 0 Å². The summed E-state index contributed by atoms with van der Waals surface area (Å²) in [5.41, 5.74) is 6.97. The molecule has 1 unspecified atom stereocenters. The summed E-state index contributed by atoms with van der Waals surface area (Å²) in [6, 6.07) is 8.70. The van der Waals surface area contributed by atoms with Crippen LogP contribution in [0.1, 0.15) is 39.5 Å². The first-order chi connectivity index (χ1) is 9.47. The van der Waals surface area contributed by atoms with E-state index in [-0.39, 0.29) is 0 Å². The van der Waals surface area contributed by atoms with Crippen LogP contribution in [0.15, 0.2) is 24.3 Å². The van der Waals surface area contributed by atoms with Gasteiger partial charge in [-0.15, -0.1) is 0 Å². The second-order valence-electron chi connectivity index (χ2n) is 5.46. The number of hydrogen-bond donors (Lipinski definition) is 1. The first kappa shape index (κ1) is 17.0. The Kier molecular flexibility index (Phi) is 6.99. The van der Waals surface area contributed by atoms with Gasteiger partial charge < -0.3 is 15.2 Å². The normalized spacial score (nSPS) is 13.2. The maximum Gasteiger partial charge on any atom is 0.135 e. The Hall–Kier alpha value is -1.10. The summed E-state index contributed by atoms with van der Waals surface area (Å²) in [7, 11) is 1.64. The molecular weight excluding hydrogens is 252 g/mol. The van der Waals surface area contributed by atoms with E-state index in [1.807, 2.05) is 24.3 Å². The number of nitrogens with zero attached hydrogens (tertiary/aromatic N) is 1. The minimum atomic E-state index is -0.452. The molecular formula is C16H28N2O2. The van der Waals surface area contributed by atoms with Crippen molar-refractivity contribution >= 4 is 0 Å². The van der Waals surface area contributed by atoms with Crippen molar-refractivity contribution in [3.05, 3.63) is 29.8 Å². The molecule has 20 heavy (non-hydrogen) atoms. The molecule has 0 aliphatic heterocycles. The molecule has 0 amide bonds. The summed E-state index contributed by atoms with van der Waals surface area (Å²) < 4.78 is 11.1. The SMILES string of the molecule is COc1ccccc1C(N)OCCN(C(C)C)C(C)C. The molecule has 0 saturated carbocycles. The van der Waals surface area contributed by atoms with Crippen LogP contribution in [0.5, 0.6) is 5.75 Å². The Morgan fingerprint density at radius 3 is 2.25 bits per heavy atom. The Balaban J connectivity index is 2.53. The van der Waals surface area contributed by atoms with Crippen LogP contribution in [-0.4, -0.2) is 37.2 Å². The van der Waals surface area contributed by atoms with Gasteiger partial charge in [-0.3, -0.25) is 4.90 Å². The van der Waals surface area contributed by atoms with Gasteiger partial charge >= 0.3 is 0 Å². The summed E-state index contributed by atoms with van der Waals surface area (Å²) in [5.74, 6) is 0.768. The van der Waals surface area contributed by atoms with Crippen molar-refractivity contribution in [2.75, 3.05) is 20.3 Å². The van der Waals surface area contributed by atoms with Crippen molar-refractivity contribution < 1.29 is 9.47 Å². The molecule has 4 nitrogen and oxygen atoms in total. The largest absolute Gasteiger partial charge is 0.496 e. The molecule has 1 rings (SSSR count). The van der Waals surface area contributed by atoms with Crippen LogP contribution in [0.25, 0.3) is 0 Å². The predicted molar refractivity (Wildman–Crippen MR) is 82.9 cm³/mol. The zero-order chi connectivity index (χ0) is 15.1. The van der Waals surface area contributed by atoms with Crippen LogP contribution in [0, 0.1) is 0 Å². The molecule has 0 aliphatic carbocycles. The lowest BCUT2D eigenvalue weighted by atomic mass is 10.2. The molecule has 0 radical (unpaired) electrons. The van der Waals surface area contributed by atoms with Crippen LogP contribution in [-0.2, 0) is 4.74 Å². The summed E-state index contributed by atoms with van der Waals surface area (Å²) >= 11 is 0. The van der Waals surface area contributed by atoms with Gasteiger partial charge in [0.05, 0.1) is 13.7 Å². The van der Waals surface area contributed by atoms with Crippen molar-refractivity contribution in [3.8, 4) is 5.75 Å². The number of rotatable bonds is 8. The van der Waals surface area contributed by atoms with Crippen molar-refractivity contribution in [1.29, 1.82) is 0 Å². The molecule has 114 valence electrons. The highest BCUT2D eigenvalue weighted by Gasteiger charge is 2.15. The zero-order valence-corrected chi connectivity index (χ0v) is 13.3. The number of methoxy groups -OCH3 is 1. The minimum absolute atomic E-state index is 0.452. The van der Waals surface area contributed by atoms with Gasteiger partial charge in [0, 0.05) is 24.2 Å². The van der Waals surface area contributed by atoms with E-state index < -0.39 is 6.23 Å². The van der Waals surface area contributed by atoms with Crippen LogP contribution >= 0.6 is 0 Å². The Morgan fingerprint density at radius 1 is 1.10 bits per heavy atom. The van der Waals surface area contributed by atoms with Crippen molar-refractivity contribution in [1.82, 2.24) is 4.90 Å². The molecule has 0 aliphatic rings. The standard InChI is InChI=1S/C16H28N2O2/c1-12(2)18(13(3)4)10-11-20-16(17)14-8-6-7-9-15(14)19-5/h6-9,12-13,16H,10-11,17H2,1-5H3. The van der Waals surface area contributed by atoms with Crippen LogP contribution in [0.4, 0.5) is 0 Å². The molecule has 1 aromatic rings. The van der Waals surface area contributed by atoms with E-state index in [9.17, 15) is 0 Å². The molecule has 0 saturated heterocycles. The average Bonchev–Trinajstić information content (AvgIpc) is 2.42. The molecule has 0 fully saturated rings. The lowest BCUT2D eigenvalue weighted by Gasteiger charge is -2.30. The molecule has 0 bridgehead atoms. The fourth-order valence-electron chi connectivity index (χ4n) is 2.39. The van der Waals surface area contributed by atoms with E-state index in [2.05, 4.69) is 32.6 Å². The Labute approximate surface area is 122 Å². The highest BCUT2D eigenvalue weighted by molar-refractivity contribution is 5.34. The Bertz CT molecular complexity index is 386. The monoisotopic (exact) mass is 280 g/mol. The maximum absolute atomic E-state index is 6.09. The molecule has 0 heterocycles. The second-order valence-corrected chi connectivity index (χ2v) is 5.46. The quantitative estimate of drug-likeness (QED) is 0.744. The summed E-state index contributed by atoms with van der Waals surface area (Å²) in [6.07, 6.45) is -0.452. The van der Waals surface area contributed by atoms with E-state index in [0.717, 1.165) is 17.9 Å². The number of ether oxygens (including phenoxy) is 2. The molecule has 1 atom stereocenters. The fraction of sp³-hybridized carbons (Fsp3) is 0.625. The predicted octanol–water partition coefficient (Wildman–Crippen LogP) is 2.79. The summed E-state index contributed by atoms with van der Waals surface area (Å²) in [5, 5.41) is 0. The minimum Gasteiger partial charge on any atom is -0.496 e. The van der Waals surface area contributed by atoms with Gasteiger partial charge in [0.2, 0.25) is 0 Å². The van der Waals surface area contributed by atoms with Gasteiger partial charge in [-0.1, -0.05) is 18.2 Å². The number of nitrogens with two attached hydrogens (primary N) is 1. The lowest BCUT2D eigenvalue weighted by Crippen LogP contribution is -2.39. The molecule has 0 aromatic heterocycles. The lowest BCUT2D eigenvalue weighted by molar-refractivity contribution is 0.0266. The first-order valence-electron chi connectivity index (χ1n) is 7.23. The van der Waals surface area contributed by atoms with Crippen molar-refractivity contribution in [3.63, 3.8) is 0 Å². The van der Waals surface area contributed by atoms with Gasteiger partial charge in [0.1, 0.15) is 12.0 Å². The summed E-state index contributed by atoms with van der Waals surface area (Å²) in [4.78, 5) is 2.38. The smallest absolute Gasteiger partial charge is 0.135 e. The topological polar surface area (TPSA) is 47.7 Å². The van der Waals surface area contributed by atoms with Gasteiger partial charge in [-0.2, -0.15) is 0 Å². The Morgan fingerprint density at radius 2 is 1.70 bits per heavy atom. The van der Waals surface area contributed by atoms with Gasteiger partial charge in [0.15, 0.2) is 0 Å². The van der Waals surface area contributed by atoms with E-state index in [0.29, 0.717) is 18.7 Å². The third-order valence-corrected chi connectivity index (χ3v) is 3.42. The molecule has 1 aromatic carbocycles. The summed E-state index contributed by atoms with van der Waals surface area (Å²) in [6.45, 7) is 10.3. The highest BCUT2D eigenvalue weighted by atomic mass is 16.5. The van der Waals surface area contributed by atoms with Gasteiger partial charge in [-0.05, 0) is 33.8 Å². The zero-order valence-electron chi connectivity index (χ0n) is 13.3. The van der Waals surface area contributed by atoms with Crippen LogP contribution < -0.4 is 10.5 Å². The van der Waals surface area contributed by atoms with Gasteiger partial charge in [-0.25, -0.2) is 0 Å². The molecule has 0 spiro atoms. The number of hydrogen-bond acceptors (Lipinski definition) is 4. The average molecular weight is 280 g/mol. The third-order valence-electron chi connectivity index (χ3n) is 3.42. The number of para-hydroxylation sites is 1. The maximum atomic E-state index is 6.09. The number of benzene rings is 1. The van der Waals surface area contributed by atoms with E-state index in [1.165, 1.54) is 0 Å². The van der Waals surface area contributed by atoms with Crippen molar-refractivity contribution in [2.24, 2.45) is 5.73 Å². The van der Waals surface area contributed by atoms with E-state index in [4.69, 9.17) is 15.2 Å².